The zero-order valence-corrected chi connectivity index (χ0v) is 11.9. The highest BCUT2D eigenvalue weighted by molar-refractivity contribution is 9.10. The van der Waals surface area contributed by atoms with E-state index in [-0.39, 0.29) is 0 Å². The van der Waals surface area contributed by atoms with Crippen LogP contribution in [0.4, 0.5) is 0 Å². The van der Waals surface area contributed by atoms with Gasteiger partial charge in [-0.05, 0) is 50.9 Å². The van der Waals surface area contributed by atoms with E-state index in [2.05, 4.69) is 27.8 Å². The number of hydrogen-bond acceptors (Lipinski definition) is 2. The highest BCUT2D eigenvalue weighted by Gasteiger charge is 2.18. The van der Waals surface area contributed by atoms with Gasteiger partial charge in [0, 0.05) is 17.1 Å². The minimum atomic E-state index is 0.765. The molecule has 0 amide bonds. The summed E-state index contributed by atoms with van der Waals surface area (Å²) in [4.78, 5) is 2.56. The van der Waals surface area contributed by atoms with Crippen molar-refractivity contribution >= 4 is 15.9 Å². The van der Waals surface area contributed by atoms with E-state index in [0.29, 0.717) is 0 Å². The molecule has 1 unspecified atom stereocenters. The summed E-state index contributed by atoms with van der Waals surface area (Å²) in [7, 11) is 0. The lowest BCUT2D eigenvalue weighted by atomic mass is 10.2. The first-order chi connectivity index (χ1) is 8.25. The topological polar surface area (TPSA) is 12.5 Å². The van der Waals surface area contributed by atoms with E-state index in [1.165, 1.54) is 19.4 Å². The number of halogens is 1. The Balaban J connectivity index is 1.66. The molecule has 0 spiro atoms. The van der Waals surface area contributed by atoms with Gasteiger partial charge in [-0.25, -0.2) is 0 Å². The summed E-state index contributed by atoms with van der Waals surface area (Å²) in [5.74, 6) is 0.953. The fourth-order valence-corrected chi connectivity index (χ4v) is 2.72. The van der Waals surface area contributed by atoms with Crippen molar-refractivity contribution in [3.05, 3.63) is 28.7 Å². The summed E-state index contributed by atoms with van der Waals surface area (Å²) in [6.45, 7) is 5.55. The quantitative estimate of drug-likeness (QED) is 0.769. The van der Waals surface area contributed by atoms with E-state index in [4.69, 9.17) is 4.74 Å². The van der Waals surface area contributed by atoms with Gasteiger partial charge < -0.3 is 9.64 Å². The van der Waals surface area contributed by atoms with Gasteiger partial charge in [0.25, 0.3) is 0 Å². The number of hydrogen-bond donors (Lipinski definition) is 0. The third-order valence-corrected chi connectivity index (χ3v) is 3.84. The third-order valence-electron chi connectivity index (χ3n) is 3.35. The van der Waals surface area contributed by atoms with Gasteiger partial charge >= 0.3 is 0 Å². The third kappa shape index (κ3) is 4.00. The number of likely N-dealkylation sites (tertiary alicyclic amines) is 1. The smallest absolute Gasteiger partial charge is 0.120 e. The van der Waals surface area contributed by atoms with E-state index in [0.717, 1.165) is 35.8 Å². The zero-order valence-electron chi connectivity index (χ0n) is 10.4. The van der Waals surface area contributed by atoms with Gasteiger partial charge in [0.05, 0.1) is 6.61 Å². The van der Waals surface area contributed by atoms with Crippen molar-refractivity contribution in [3.8, 4) is 5.75 Å². The molecule has 1 heterocycles. The lowest BCUT2D eigenvalue weighted by molar-refractivity contribution is 0.230. The average Bonchev–Trinajstić information content (AvgIpc) is 2.71. The molecule has 94 valence electrons. The Kier molecular flexibility index (Phi) is 4.86. The largest absolute Gasteiger partial charge is 0.494 e. The summed E-state index contributed by atoms with van der Waals surface area (Å²) in [5, 5.41) is 0. The van der Waals surface area contributed by atoms with Crippen LogP contribution in [0.2, 0.25) is 0 Å². The van der Waals surface area contributed by atoms with Crippen LogP contribution in [0.1, 0.15) is 26.2 Å². The Labute approximate surface area is 112 Å². The van der Waals surface area contributed by atoms with Crippen molar-refractivity contribution in [1.29, 1.82) is 0 Å². The van der Waals surface area contributed by atoms with E-state index in [9.17, 15) is 0 Å². The fraction of sp³-hybridized carbons (Fsp3) is 0.571. The Morgan fingerprint density at radius 1 is 1.47 bits per heavy atom. The average molecular weight is 298 g/mol. The first-order valence-corrected chi connectivity index (χ1v) is 7.17. The van der Waals surface area contributed by atoms with Crippen molar-refractivity contribution in [2.45, 2.75) is 32.2 Å². The van der Waals surface area contributed by atoms with Crippen LogP contribution in [0.5, 0.6) is 5.75 Å². The molecule has 3 heteroatoms. The molecule has 1 atom stereocenters. The minimum absolute atomic E-state index is 0.765. The van der Waals surface area contributed by atoms with Crippen LogP contribution in [-0.4, -0.2) is 30.6 Å². The summed E-state index contributed by atoms with van der Waals surface area (Å²) in [6.07, 6.45) is 3.82. The molecule has 1 aliphatic rings. The van der Waals surface area contributed by atoms with E-state index in [1.54, 1.807) is 0 Å². The molecule has 0 N–H and O–H groups in total. The molecule has 1 aromatic rings. The van der Waals surface area contributed by atoms with Crippen LogP contribution in [-0.2, 0) is 0 Å². The number of ether oxygens (including phenoxy) is 1. The summed E-state index contributed by atoms with van der Waals surface area (Å²) in [6, 6.07) is 8.79. The van der Waals surface area contributed by atoms with Gasteiger partial charge in [0.2, 0.25) is 0 Å². The maximum absolute atomic E-state index is 5.73. The molecule has 1 saturated heterocycles. The van der Waals surface area contributed by atoms with Crippen LogP contribution in [0.15, 0.2) is 28.7 Å². The van der Waals surface area contributed by atoms with Gasteiger partial charge in [-0.3, -0.25) is 0 Å². The number of benzene rings is 1. The minimum Gasteiger partial charge on any atom is -0.494 e. The molecule has 0 bridgehead atoms. The molecule has 17 heavy (non-hydrogen) atoms. The van der Waals surface area contributed by atoms with Crippen LogP contribution in [0, 0.1) is 0 Å². The highest BCUT2D eigenvalue weighted by atomic mass is 79.9. The van der Waals surface area contributed by atoms with Crippen molar-refractivity contribution in [2.24, 2.45) is 0 Å². The first-order valence-electron chi connectivity index (χ1n) is 6.38. The van der Waals surface area contributed by atoms with E-state index in [1.807, 2.05) is 24.3 Å². The summed E-state index contributed by atoms with van der Waals surface area (Å²) in [5.41, 5.74) is 0. The highest BCUT2D eigenvalue weighted by Crippen LogP contribution is 2.19. The predicted octanol–water partition coefficient (Wildman–Crippen LogP) is 3.70. The van der Waals surface area contributed by atoms with Crippen LogP contribution in [0.25, 0.3) is 0 Å². The van der Waals surface area contributed by atoms with Crippen molar-refractivity contribution in [3.63, 3.8) is 0 Å². The normalized spacial score (nSPS) is 20.7. The van der Waals surface area contributed by atoms with Crippen LogP contribution in [0.3, 0.4) is 0 Å². The molecular formula is C14H20BrNO. The van der Waals surface area contributed by atoms with Crippen molar-refractivity contribution in [2.75, 3.05) is 19.7 Å². The van der Waals surface area contributed by atoms with Crippen molar-refractivity contribution < 1.29 is 4.74 Å². The van der Waals surface area contributed by atoms with E-state index >= 15 is 0 Å². The Hall–Kier alpha value is -0.540. The molecule has 1 fully saturated rings. The second kappa shape index (κ2) is 6.41. The molecule has 2 nitrogen and oxygen atoms in total. The van der Waals surface area contributed by atoms with Gasteiger partial charge in [0.1, 0.15) is 5.75 Å². The van der Waals surface area contributed by atoms with Gasteiger partial charge in [-0.1, -0.05) is 22.0 Å². The summed E-state index contributed by atoms with van der Waals surface area (Å²) >= 11 is 3.44. The zero-order chi connectivity index (χ0) is 12.1. The van der Waals surface area contributed by atoms with Crippen LogP contribution < -0.4 is 4.74 Å². The van der Waals surface area contributed by atoms with Gasteiger partial charge in [-0.2, -0.15) is 0 Å². The monoisotopic (exact) mass is 297 g/mol. The SMILES string of the molecule is CC1CCCN1CCCOc1cccc(Br)c1. The van der Waals surface area contributed by atoms with Gasteiger partial charge in [-0.15, -0.1) is 0 Å². The molecule has 2 rings (SSSR count). The maximum Gasteiger partial charge on any atom is 0.120 e. The second-order valence-electron chi connectivity index (χ2n) is 4.69. The molecule has 0 aromatic heterocycles. The number of nitrogens with zero attached hydrogens (tertiary/aromatic N) is 1. The fourth-order valence-electron chi connectivity index (χ4n) is 2.34. The molecule has 0 aliphatic carbocycles. The molecular weight excluding hydrogens is 278 g/mol. The predicted molar refractivity (Wildman–Crippen MR) is 74.5 cm³/mol. The summed E-state index contributed by atoms with van der Waals surface area (Å²) < 4.78 is 6.80. The molecule has 0 radical (unpaired) electrons. The van der Waals surface area contributed by atoms with E-state index < -0.39 is 0 Å². The lowest BCUT2D eigenvalue weighted by Crippen LogP contribution is -2.28. The molecule has 1 aromatic carbocycles. The Bertz CT molecular complexity index is 356. The maximum atomic E-state index is 5.73. The standard InChI is InChI=1S/C14H20BrNO/c1-12-5-3-8-16(12)9-4-10-17-14-7-2-6-13(15)11-14/h2,6-7,11-12H,3-5,8-10H2,1H3. The Morgan fingerprint density at radius 3 is 3.06 bits per heavy atom. The lowest BCUT2D eigenvalue weighted by Gasteiger charge is -2.20. The van der Waals surface area contributed by atoms with Crippen LogP contribution >= 0.6 is 15.9 Å². The van der Waals surface area contributed by atoms with Crippen molar-refractivity contribution in [1.82, 2.24) is 4.90 Å². The second-order valence-corrected chi connectivity index (χ2v) is 5.60. The number of rotatable bonds is 5. The van der Waals surface area contributed by atoms with Gasteiger partial charge in [0.15, 0.2) is 0 Å². The molecule has 0 saturated carbocycles. The molecule has 1 aliphatic heterocycles. The first kappa shape index (κ1) is 12.9. The Morgan fingerprint density at radius 2 is 2.35 bits per heavy atom.